The second kappa shape index (κ2) is 24.2. The lowest BCUT2D eigenvalue weighted by molar-refractivity contribution is -0.142. The van der Waals surface area contributed by atoms with Crippen LogP contribution in [-0.4, -0.2) is 139 Å². The first-order valence-corrected chi connectivity index (χ1v) is 28.7. The zero-order valence-corrected chi connectivity index (χ0v) is 45.0. The molecule has 3 aromatic carbocycles. The number of nitrogens with one attached hydrogen (secondary N) is 5. The van der Waals surface area contributed by atoms with Gasteiger partial charge in [-0.05, 0) is 104 Å². The minimum Gasteiger partial charge on any atom is -0.352 e. The van der Waals surface area contributed by atoms with E-state index in [4.69, 9.17) is 5.73 Å². The number of ketones is 1. The average molecular weight is 1110 g/mol. The number of imide groups is 1. The van der Waals surface area contributed by atoms with E-state index in [1.807, 2.05) is 13.0 Å². The lowest BCUT2D eigenvalue weighted by Crippen LogP contribution is -2.58. The van der Waals surface area contributed by atoms with Crippen LogP contribution < -0.4 is 27.0 Å². The van der Waals surface area contributed by atoms with Crippen molar-refractivity contribution in [1.29, 1.82) is 0 Å². The number of unbranched alkanes of at least 4 members (excludes halogenated alkanes) is 1. The first kappa shape index (κ1) is 56.7. The molecule has 1 unspecified atom stereocenters. The van der Waals surface area contributed by atoms with Gasteiger partial charge in [-0.3, -0.25) is 53.0 Å². The number of amides is 9. The number of Topliss-reactive ketones (excluding diaryl/α,β-unsaturated/α-hetero) is 1. The minimum atomic E-state index is -5.07. The van der Waals surface area contributed by atoms with Gasteiger partial charge in [0.25, 0.3) is 17.3 Å². The van der Waals surface area contributed by atoms with E-state index in [2.05, 4.69) is 38.1 Å². The number of nitrogens with two attached hydrogens (primary N) is 1. The number of piperidine rings is 3. The molecule has 0 bridgehead atoms. The van der Waals surface area contributed by atoms with Crippen molar-refractivity contribution in [3.8, 4) is 11.8 Å². The molecule has 420 valence electrons. The van der Waals surface area contributed by atoms with Crippen molar-refractivity contribution in [3.05, 3.63) is 106 Å². The number of H-pyrrole nitrogens is 1. The summed E-state index contributed by atoms with van der Waals surface area (Å²) in [6.45, 7) is 2.84. The summed E-state index contributed by atoms with van der Waals surface area (Å²) in [5.41, 5.74) is 6.80. The number of carbonyl (C=O) groups is 10. The Morgan fingerprint density at radius 3 is 2.38 bits per heavy atom. The summed E-state index contributed by atoms with van der Waals surface area (Å²) in [5.74, 6) is 1.84. The van der Waals surface area contributed by atoms with Crippen LogP contribution in [0.1, 0.15) is 131 Å². The lowest BCUT2D eigenvalue weighted by Gasteiger charge is -2.34. The molecule has 22 nitrogen and oxygen atoms in total. The third-order valence-electron chi connectivity index (χ3n) is 16.0. The highest BCUT2D eigenvalue weighted by Gasteiger charge is 2.58. The van der Waals surface area contributed by atoms with Gasteiger partial charge in [-0.2, -0.15) is 0 Å². The number of likely N-dealkylation sites (tertiary alicyclic amines) is 2. The second-order valence-corrected chi connectivity index (χ2v) is 22.9. The molecule has 4 fully saturated rings. The third kappa shape index (κ3) is 12.7. The number of rotatable bonds is 20. The summed E-state index contributed by atoms with van der Waals surface area (Å²) in [6.07, 6.45) is 4.91. The number of urea groups is 1. The quantitative estimate of drug-likeness (QED) is 0.0358. The predicted octanol–water partition coefficient (Wildman–Crippen LogP) is 3.35. The molecule has 4 aliphatic heterocycles. The Kier molecular flexibility index (Phi) is 17.1. The van der Waals surface area contributed by atoms with Crippen LogP contribution in [0.4, 0.5) is 4.79 Å². The smallest absolute Gasteiger partial charge is 0.352 e. The van der Waals surface area contributed by atoms with Crippen LogP contribution >= 0.6 is 7.60 Å². The van der Waals surface area contributed by atoms with Gasteiger partial charge >= 0.3 is 13.6 Å². The lowest BCUT2D eigenvalue weighted by atomic mass is 9.87. The van der Waals surface area contributed by atoms with Crippen LogP contribution in [0.15, 0.2) is 72.8 Å². The molecular formula is C57H64N9O13P. The molecule has 5 heterocycles. The first-order chi connectivity index (χ1) is 38.3. The summed E-state index contributed by atoms with van der Waals surface area (Å²) >= 11 is 0. The normalized spacial score (nSPS) is 20.8. The number of carbonyl (C=O) groups excluding carboxylic acids is 10. The number of aromatic nitrogens is 1. The molecule has 0 radical (unpaired) electrons. The number of hydrogen-bond acceptors (Lipinski definition) is 11. The fraction of sp³-hybridized carbons (Fsp3) is 0.439. The fourth-order valence-electron chi connectivity index (χ4n) is 11.6. The standard InChI is InChI=1S/C57H64N9O13P/c1-2-3-16-43(61-50(69)44-27-36-25-35(17-18-42(36)60-44)56(75)80(77,78)79)55(74)66-30-37-26-39(37)49(66)52(71)62-45(29-59-57(58)76)47(67)28-40(33-11-5-4-6-12-33)53(72)64-23-21-32(22-24-64)10-7-8-13-34-14-9-15-38-41(34)31-65(54(38)73)46-19-20-48(68)63-51(46)70/h4-6,9,11-12,14-15,17-18,25,27,32,37,39-40,43,45-46,49,60H,2-3,7,10,16,19-24,26,28-31H2,1H3,(H,61,69)(H,62,71)(H3,58,59,76)(H,63,68,70)(H2,77,78,79)/t37-,39-,40+,43+,45+,46?,49+/m1/s1. The van der Waals surface area contributed by atoms with Crippen LogP contribution in [-0.2, 0) is 39.9 Å². The van der Waals surface area contributed by atoms with E-state index >= 15 is 0 Å². The monoisotopic (exact) mass is 1110 g/mol. The Hall–Kier alpha value is -7.99. The topological polar surface area (TPSA) is 328 Å². The number of fused-ring (bicyclic) bond motifs is 3. The zero-order valence-electron chi connectivity index (χ0n) is 44.1. The Morgan fingerprint density at radius 1 is 0.900 bits per heavy atom. The third-order valence-corrected chi connectivity index (χ3v) is 16.8. The fourth-order valence-corrected chi connectivity index (χ4v) is 12.0. The Morgan fingerprint density at radius 2 is 1.66 bits per heavy atom. The van der Waals surface area contributed by atoms with Crippen LogP contribution in [0, 0.1) is 29.6 Å². The van der Waals surface area contributed by atoms with Gasteiger partial charge in [0.2, 0.25) is 29.5 Å². The molecule has 4 aromatic rings. The number of aromatic amines is 1. The van der Waals surface area contributed by atoms with Gasteiger partial charge in [0.05, 0.1) is 5.92 Å². The molecule has 0 spiro atoms. The van der Waals surface area contributed by atoms with E-state index in [0.29, 0.717) is 79.2 Å². The Balaban J connectivity index is 0.826. The number of benzene rings is 3. The van der Waals surface area contributed by atoms with Crippen LogP contribution in [0.3, 0.4) is 0 Å². The summed E-state index contributed by atoms with van der Waals surface area (Å²) in [4.78, 5) is 160. The molecule has 5 aliphatic rings. The van der Waals surface area contributed by atoms with Crippen LogP contribution in [0.25, 0.3) is 10.9 Å². The van der Waals surface area contributed by atoms with Gasteiger partial charge in [-0.15, -0.1) is 0 Å². The molecule has 1 aromatic heterocycles. The summed E-state index contributed by atoms with van der Waals surface area (Å²) in [6, 6.07) is 14.4. The van der Waals surface area contributed by atoms with Crippen molar-refractivity contribution in [2.75, 3.05) is 26.2 Å². The number of nitrogens with zero attached hydrogens (tertiary/aromatic N) is 3. The first-order valence-electron chi connectivity index (χ1n) is 27.1. The van der Waals surface area contributed by atoms with Gasteiger partial charge in [-0.1, -0.05) is 68.0 Å². The van der Waals surface area contributed by atoms with E-state index in [1.165, 1.54) is 34.1 Å². The molecular weight excluding hydrogens is 1050 g/mol. The highest BCUT2D eigenvalue weighted by atomic mass is 31.2. The molecule has 23 heteroatoms. The van der Waals surface area contributed by atoms with E-state index < -0.39 is 78.6 Å². The zero-order chi connectivity index (χ0) is 57.0. The molecule has 9 N–H and O–H groups in total. The molecule has 1 saturated carbocycles. The highest BCUT2D eigenvalue weighted by molar-refractivity contribution is 7.70. The van der Waals surface area contributed by atoms with Gasteiger partial charge in [0, 0.05) is 79.6 Å². The van der Waals surface area contributed by atoms with Crippen molar-refractivity contribution in [1.82, 2.24) is 41.0 Å². The van der Waals surface area contributed by atoms with Crippen molar-refractivity contribution in [2.24, 2.45) is 23.5 Å². The van der Waals surface area contributed by atoms with Crippen LogP contribution in [0.5, 0.6) is 0 Å². The maximum atomic E-state index is 14.5. The molecule has 9 rings (SSSR count). The SMILES string of the molecule is CCCC[C@H](NC(=O)c1cc2cc(C(=O)P(=O)(O)O)ccc2[nH]1)C(=O)N1C[C@H]2C[C@H]2[C@H]1C(=O)N[C@@H](CNC(N)=O)C(=O)C[C@H](C(=O)N1CCC(CCC#Cc2cccc3c2CN(C2CCC(=O)NC2=O)C3=O)CC1)c1ccccc1. The molecule has 9 amide bonds. The van der Waals surface area contributed by atoms with Crippen molar-refractivity contribution >= 4 is 77.2 Å². The minimum absolute atomic E-state index is 0.00382. The van der Waals surface area contributed by atoms with E-state index in [0.717, 1.165) is 12.0 Å². The molecule has 80 heavy (non-hydrogen) atoms. The second-order valence-electron chi connectivity index (χ2n) is 21.4. The van der Waals surface area contributed by atoms with Crippen molar-refractivity contribution in [2.45, 2.75) is 114 Å². The highest BCUT2D eigenvalue weighted by Crippen LogP contribution is 2.50. The summed E-state index contributed by atoms with van der Waals surface area (Å²) < 4.78 is 11.6. The van der Waals surface area contributed by atoms with Gasteiger partial charge in [0.1, 0.15) is 29.9 Å². The predicted molar refractivity (Wildman–Crippen MR) is 289 cm³/mol. The van der Waals surface area contributed by atoms with E-state index in [-0.39, 0.29) is 92.1 Å². The van der Waals surface area contributed by atoms with E-state index in [1.54, 1.807) is 47.4 Å². The maximum absolute atomic E-state index is 14.5. The number of primary amides is 1. The summed E-state index contributed by atoms with van der Waals surface area (Å²) in [5, 5.41) is 10.7. The van der Waals surface area contributed by atoms with Gasteiger partial charge in [0.15, 0.2) is 5.78 Å². The van der Waals surface area contributed by atoms with Gasteiger partial charge < -0.3 is 51.2 Å². The largest absolute Gasteiger partial charge is 0.396 e. The molecule has 1 aliphatic carbocycles. The summed E-state index contributed by atoms with van der Waals surface area (Å²) in [7, 11) is -5.07. The Labute approximate surface area is 460 Å². The molecule has 7 atom stereocenters. The average Bonchev–Trinajstić information content (AvgIpc) is 3.75. The van der Waals surface area contributed by atoms with Crippen LogP contribution in [0.2, 0.25) is 0 Å². The van der Waals surface area contributed by atoms with Gasteiger partial charge in [-0.25, -0.2) is 4.79 Å². The Bertz CT molecular complexity index is 3270. The number of hydrogen-bond donors (Lipinski definition) is 8. The van der Waals surface area contributed by atoms with E-state index in [9.17, 15) is 62.3 Å². The van der Waals surface area contributed by atoms with Crippen molar-refractivity contribution < 1.29 is 62.3 Å². The maximum Gasteiger partial charge on any atom is 0.396 e. The van der Waals surface area contributed by atoms with Crippen molar-refractivity contribution in [3.63, 3.8) is 0 Å². The molecule has 3 saturated heterocycles.